The minimum atomic E-state index is -0.270. The van der Waals surface area contributed by atoms with Crippen LogP contribution in [-0.4, -0.2) is 15.3 Å². The molecule has 4 heteroatoms. The summed E-state index contributed by atoms with van der Waals surface area (Å²) in [6.07, 6.45) is 5.04. The van der Waals surface area contributed by atoms with Gasteiger partial charge >= 0.3 is 0 Å². The van der Waals surface area contributed by atoms with E-state index in [-0.39, 0.29) is 17.7 Å². The molecule has 2 rings (SSSR count). The Morgan fingerprint density at radius 1 is 1.33 bits per heavy atom. The average molecular weight is 285 g/mol. The second-order valence-electron chi connectivity index (χ2n) is 5.41. The zero-order valence-corrected chi connectivity index (χ0v) is 12.7. The van der Waals surface area contributed by atoms with Gasteiger partial charge in [-0.05, 0) is 12.0 Å². The Balaban J connectivity index is 2.04. The summed E-state index contributed by atoms with van der Waals surface area (Å²) in [6, 6.07) is 9.50. The summed E-state index contributed by atoms with van der Waals surface area (Å²) in [5.74, 6) is 0.739. The van der Waals surface area contributed by atoms with Crippen LogP contribution in [-0.2, 0) is 17.8 Å². The van der Waals surface area contributed by atoms with Gasteiger partial charge in [0, 0.05) is 30.9 Å². The summed E-state index contributed by atoms with van der Waals surface area (Å²) >= 11 is 0. The second kappa shape index (κ2) is 7.18. The van der Waals surface area contributed by atoms with Crippen molar-refractivity contribution in [1.29, 1.82) is 0 Å². The lowest BCUT2D eigenvalue weighted by Gasteiger charge is -2.19. The Labute approximate surface area is 126 Å². The molecule has 0 aliphatic rings. The van der Waals surface area contributed by atoms with E-state index in [1.807, 2.05) is 48.0 Å². The molecule has 21 heavy (non-hydrogen) atoms. The first-order valence-electron chi connectivity index (χ1n) is 7.46. The van der Waals surface area contributed by atoms with Crippen LogP contribution in [0.4, 0.5) is 0 Å². The van der Waals surface area contributed by atoms with Crippen molar-refractivity contribution in [2.24, 2.45) is 11.7 Å². The predicted molar refractivity (Wildman–Crippen MR) is 83.8 cm³/mol. The van der Waals surface area contributed by atoms with Gasteiger partial charge in [-0.15, -0.1) is 0 Å². The maximum atomic E-state index is 12.4. The fourth-order valence-electron chi connectivity index (χ4n) is 2.43. The van der Waals surface area contributed by atoms with Crippen molar-refractivity contribution >= 4 is 5.78 Å². The molecular weight excluding hydrogens is 262 g/mol. The lowest BCUT2D eigenvalue weighted by molar-refractivity contribution is -0.122. The molecule has 0 aliphatic carbocycles. The number of rotatable bonds is 7. The van der Waals surface area contributed by atoms with E-state index in [4.69, 9.17) is 5.73 Å². The normalized spacial score (nSPS) is 13.9. The van der Waals surface area contributed by atoms with Gasteiger partial charge in [-0.2, -0.15) is 0 Å². The lowest BCUT2D eigenvalue weighted by Crippen LogP contribution is -2.28. The summed E-state index contributed by atoms with van der Waals surface area (Å²) in [6.45, 7) is 4.90. The molecule has 0 radical (unpaired) electrons. The van der Waals surface area contributed by atoms with Gasteiger partial charge in [0.05, 0.1) is 6.42 Å². The third kappa shape index (κ3) is 3.79. The van der Waals surface area contributed by atoms with Gasteiger partial charge < -0.3 is 10.3 Å². The number of carbonyl (C=O) groups is 1. The highest BCUT2D eigenvalue weighted by Gasteiger charge is 2.23. The third-order valence-corrected chi connectivity index (χ3v) is 3.83. The minimum Gasteiger partial charge on any atom is -0.335 e. The first-order chi connectivity index (χ1) is 10.1. The SMILES string of the molecule is CCCn1ccnc1CC(=O)C(C)C(N)c1ccccc1. The van der Waals surface area contributed by atoms with Crippen LogP contribution in [0.1, 0.15) is 37.7 Å². The van der Waals surface area contributed by atoms with Gasteiger partial charge in [-0.1, -0.05) is 44.2 Å². The summed E-state index contributed by atoms with van der Waals surface area (Å²) in [5.41, 5.74) is 7.21. The van der Waals surface area contributed by atoms with Crippen molar-refractivity contribution < 1.29 is 4.79 Å². The fourth-order valence-corrected chi connectivity index (χ4v) is 2.43. The highest BCUT2D eigenvalue weighted by atomic mass is 16.1. The Bertz CT molecular complexity index is 577. The summed E-state index contributed by atoms with van der Waals surface area (Å²) in [5, 5.41) is 0. The van der Waals surface area contributed by atoms with Crippen LogP contribution in [0.5, 0.6) is 0 Å². The van der Waals surface area contributed by atoms with Gasteiger partial charge in [0.2, 0.25) is 0 Å². The molecule has 0 amide bonds. The van der Waals surface area contributed by atoms with Crippen molar-refractivity contribution in [2.45, 2.75) is 39.3 Å². The molecule has 2 N–H and O–H groups in total. The van der Waals surface area contributed by atoms with Crippen molar-refractivity contribution in [1.82, 2.24) is 9.55 Å². The topological polar surface area (TPSA) is 60.9 Å². The van der Waals surface area contributed by atoms with Crippen LogP contribution in [0.15, 0.2) is 42.7 Å². The van der Waals surface area contributed by atoms with E-state index in [0.29, 0.717) is 6.42 Å². The molecule has 0 saturated carbocycles. The smallest absolute Gasteiger partial charge is 0.145 e. The Kier molecular flexibility index (Phi) is 5.28. The number of imidazole rings is 1. The molecule has 1 heterocycles. The number of benzene rings is 1. The number of carbonyl (C=O) groups excluding carboxylic acids is 1. The highest BCUT2D eigenvalue weighted by Crippen LogP contribution is 2.21. The number of ketones is 1. The summed E-state index contributed by atoms with van der Waals surface area (Å²) in [4.78, 5) is 16.7. The fraction of sp³-hybridized carbons (Fsp3) is 0.412. The van der Waals surface area contributed by atoms with Gasteiger partial charge in [0.15, 0.2) is 0 Å². The number of Topliss-reactive ketones (excluding diaryl/α,β-unsaturated/α-hetero) is 1. The number of aryl methyl sites for hydroxylation is 1. The largest absolute Gasteiger partial charge is 0.335 e. The van der Waals surface area contributed by atoms with Crippen LogP contribution in [0.2, 0.25) is 0 Å². The standard InChI is InChI=1S/C17H23N3O/c1-3-10-20-11-9-19-16(20)12-15(21)13(2)17(18)14-7-5-4-6-8-14/h4-9,11,13,17H,3,10,12,18H2,1-2H3. The van der Waals surface area contributed by atoms with E-state index in [1.54, 1.807) is 6.20 Å². The molecule has 4 nitrogen and oxygen atoms in total. The molecule has 0 aliphatic heterocycles. The molecule has 2 unspecified atom stereocenters. The van der Waals surface area contributed by atoms with Crippen LogP contribution in [0.25, 0.3) is 0 Å². The van der Waals surface area contributed by atoms with Crippen molar-refractivity contribution in [3.63, 3.8) is 0 Å². The van der Waals surface area contributed by atoms with E-state index < -0.39 is 0 Å². The number of aromatic nitrogens is 2. The van der Waals surface area contributed by atoms with Crippen LogP contribution >= 0.6 is 0 Å². The second-order valence-corrected chi connectivity index (χ2v) is 5.41. The van der Waals surface area contributed by atoms with Crippen molar-refractivity contribution in [3.05, 3.63) is 54.1 Å². The number of hydrogen-bond acceptors (Lipinski definition) is 3. The van der Waals surface area contributed by atoms with Gasteiger partial charge in [0.1, 0.15) is 11.6 Å². The summed E-state index contributed by atoms with van der Waals surface area (Å²) < 4.78 is 2.04. The molecule has 0 bridgehead atoms. The number of nitrogens with two attached hydrogens (primary N) is 1. The Morgan fingerprint density at radius 2 is 2.05 bits per heavy atom. The highest BCUT2D eigenvalue weighted by molar-refractivity contribution is 5.83. The molecule has 1 aromatic heterocycles. The maximum absolute atomic E-state index is 12.4. The zero-order chi connectivity index (χ0) is 15.2. The van der Waals surface area contributed by atoms with Crippen molar-refractivity contribution in [3.8, 4) is 0 Å². The molecule has 1 aromatic carbocycles. The quantitative estimate of drug-likeness (QED) is 0.851. The van der Waals surface area contributed by atoms with E-state index in [0.717, 1.165) is 24.4 Å². The van der Waals surface area contributed by atoms with Crippen LogP contribution < -0.4 is 5.73 Å². The Morgan fingerprint density at radius 3 is 2.71 bits per heavy atom. The van der Waals surface area contributed by atoms with Gasteiger partial charge in [-0.25, -0.2) is 4.98 Å². The van der Waals surface area contributed by atoms with Gasteiger partial charge in [0.25, 0.3) is 0 Å². The first kappa shape index (κ1) is 15.4. The zero-order valence-electron chi connectivity index (χ0n) is 12.7. The van der Waals surface area contributed by atoms with E-state index in [9.17, 15) is 4.79 Å². The first-order valence-corrected chi connectivity index (χ1v) is 7.46. The van der Waals surface area contributed by atoms with Crippen molar-refractivity contribution in [2.75, 3.05) is 0 Å². The van der Waals surface area contributed by atoms with E-state index in [2.05, 4.69) is 11.9 Å². The monoisotopic (exact) mass is 285 g/mol. The lowest BCUT2D eigenvalue weighted by atomic mass is 9.90. The summed E-state index contributed by atoms with van der Waals surface area (Å²) in [7, 11) is 0. The van der Waals surface area contributed by atoms with E-state index in [1.165, 1.54) is 0 Å². The molecule has 0 saturated heterocycles. The maximum Gasteiger partial charge on any atom is 0.145 e. The van der Waals surface area contributed by atoms with E-state index >= 15 is 0 Å². The molecular formula is C17H23N3O. The number of nitrogens with zero attached hydrogens (tertiary/aromatic N) is 2. The van der Waals surface area contributed by atoms with Crippen LogP contribution in [0, 0.1) is 5.92 Å². The molecule has 0 spiro atoms. The number of hydrogen-bond donors (Lipinski definition) is 1. The van der Waals surface area contributed by atoms with Crippen LogP contribution in [0.3, 0.4) is 0 Å². The molecule has 112 valence electrons. The minimum absolute atomic E-state index is 0.134. The molecule has 2 atom stereocenters. The predicted octanol–water partition coefficient (Wildman–Crippen LogP) is 2.74. The third-order valence-electron chi connectivity index (χ3n) is 3.83. The molecule has 0 fully saturated rings. The molecule has 2 aromatic rings. The Hall–Kier alpha value is -1.94. The van der Waals surface area contributed by atoms with Gasteiger partial charge in [-0.3, -0.25) is 4.79 Å². The average Bonchev–Trinajstić information content (AvgIpc) is 2.94.